The fourth-order valence-electron chi connectivity index (χ4n) is 5.41. The van der Waals surface area contributed by atoms with E-state index in [2.05, 4.69) is 10.2 Å². The van der Waals surface area contributed by atoms with Gasteiger partial charge in [-0.05, 0) is 93.7 Å². The van der Waals surface area contributed by atoms with Crippen molar-refractivity contribution in [3.05, 3.63) is 76.0 Å². The van der Waals surface area contributed by atoms with Crippen molar-refractivity contribution in [3.63, 3.8) is 0 Å². The molecule has 2 fully saturated rings. The molecule has 0 saturated carbocycles. The summed E-state index contributed by atoms with van der Waals surface area (Å²) in [5, 5.41) is 14.2. The molecule has 3 aromatic rings. The zero-order chi connectivity index (χ0) is 25.1. The standard InChI is InChI=1S/C28H31N3O5/c1-19-7-12-23(25(17-19)31(33)34)26-13-14-27(36-26)28(32)29-21-8-10-22(11-9-21)35-18-20-5-4-16-30-15-3-2-6-24(20)30/h7-14,17,20,24H,2-6,15-16,18H2,1H3,(H,29,32)/t20-,24+/m0/s1. The van der Waals surface area contributed by atoms with E-state index >= 15 is 0 Å². The summed E-state index contributed by atoms with van der Waals surface area (Å²) in [6, 6.07) is 15.9. The molecule has 1 aromatic heterocycles. The van der Waals surface area contributed by atoms with Crippen LogP contribution in [0.2, 0.25) is 0 Å². The van der Waals surface area contributed by atoms with Crippen LogP contribution >= 0.6 is 0 Å². The summed E-state index contributed by atoms with van der Waals surface area (Å²) < 4.78 is 11.8. The molecule has 2 aliphatic rings. The zero-order valence-electron chi connectivity index (χ0n) is 20.4. The number of aryl methyl sites for hydroxylation is 1. The number of piperidine rings is 2. The second-order valence-electron chi connectivity index (χ2n) is 9.73. The van der Waals surface area contributed by atoms with E-state index in [9.17, 15) is 14.9 Å². The predicted molar refractivity (Wildman–Crippen MR) is 137 cm³/mol. The Morgan fingerprint density at radius 3 is 2.69 bits per heavy atom. The average molecular weight is 490 g/mol. The highest BCUT2D eigenvalue weighted by Crippen LogP contribution is 2.33. The number of rotatable bonds is 7. The quantitative estimate of drug-likeness (QED) is 0.320. The van der Waals surface area contributed by atoms with Gasteiger partial charge in [-0.1, -0.05) is 12.5 Å². The number of nitrogens with zero attached hydrogens (tertiary/aromatic N) is 2. The molecule has 1 N–H and O–H groups in total. The third-order valence-corrected chi connectivity index (χ3v) is 7.25. The molecule has 8 nitrogen and oxygen atoms in total. The molecule has 188 valence electrons. The molecule has 2 atom stereocenters. The Morgan fingerprint density at radius 2 is 1.89 bits per heavy atom. The average Bonchev–Trinajstić information content (AvgIpc) is 3.38. The number of nitrogens with one attached hydrogen (secondary N) is 1. The van der Waals surface area contributed by atoms with Gasteiger partial charge in [-0.25, -0.2) is 0 Å². The molecule has 2 saturated heterocycles. The number of nitro benzene ring substituents is 1. The van der Waals surface area contributed by atoms with Crippen molar-refractivity contribution in [2.75, 3.05) is 25.0 Å². The Balaban J connectivity index is 1.19. The van der Waals surface area contributed by atoms with Crippen LogP contribution in [0.4, 0.5) is 11.4 Å². The van der Waals surface area contributed by atoms with Crippen LogP contribution in [0, 0.1) is 23.0 Å². The first-order valence-electron chi connectivity index (χ1n) is 12.6. The van der Waals surface area contributed by atoms with E-state index in [1.54, 1.807) is 37.3 Å². The molecule has 0 bridgehead atoms. The Hall–Kier alpha value is -3.65. The molecule has 3 heterocycles. The molecule has 2 aromatic carbocycles. The monoisotopic (exact) mass is 489 g/mol. The topological polar surface area (TPSA) is 97.8 Å². The van der Waals surface area contributed by atoms with E-state index in [1.165, 1.54) is 57.3 Å². The van der Waals surface area contributed by atoms with Crippen LogP contribution in [0.25, 0.3) is 11.3 Å². The number of amides is 1. The van der Waals surface area contributed by atoms with Gasteiger partial charge in [-0.2, -0.15) is 0 Å². The van der Waals surface area contributed by atoms with Crippen LogP contribution in [0.5, 0.6) is 5.75 Å². The molecule has 0 radical (unpaired) electrons. The lowest BCUT2D eigenvalue weighted by Crippen LogP contribution is -2.49. The second-order valence-corrected chi connectivity index (χ2v) is 9.73. The number of ether oxygens (including phenoxy) is 1. The van der Waals surface area contributed by atoms with Crippen LogP contribution in [0.3, 0.4) is 0 Å². The summed E-state index contributed by atoms with van der Waals surface area (Å²) in [7, 11) is 0. The maximum absolute atomic E-state index is 12.7. The van der Waals surface area contributed by atoms with Crippen LogP contribution < -0.4 is 10.1 Å². The predicted octanol–water partition coefficient (Wildman–Crippen LogP) is 6.06. The van der Waals surface area contributed by atoms with E-state index in [0.717, 1.165) is 11.3 Å². The van der Waals surface area contributed by atoms with Crippen molar-refractivity contribution in [2.24, 2.45) is 5.92 Å². The summed E-state index contributed by atoms with van der Waals surface area (Å²) in [6.07, 6.45) is 6.34. The van der Waals surface area contributed by atoms with Crippen LogP contribution in [-0.2, 0) is 0 Å². The lowest BCUT2D eigenvalue weighted by molar-refractivity contribution is -0.384. The first-order valence-corrected chi connectivity index (χ1v) is 12.6. The fourth-order valence-corrected chi connectivity index (χ4v) is 5.41. The highest BCUT2D eigenvalue weighted by molar-refractivity contribution is 6.02. The van der Waals surface area contributed by atoms with Gasteiger partial charge in [0, 0.05) is 23.7 Å². The van der Waals surface area contributed by atoms with Gasteiger partial charge in [0.2, 0.25) is 0 Å². The Morgan fingerprint density at radius 1 is 1.08 bits per heavy atom. The molecular formula is C28H31N3O5. The molecular weight excluding hydrogens is 458 g/mol. The van der Waals surface area contributed by atoms with Crippen molar-refractivity contribution in [3.8, 4) is 17.1 Å². The summed E-state index contributed by atoms with van der Waals surface area (Å²) in [5.41, 5.74) is 1.66. The van der Waals surface area contributed by atoms with Gasteiger partial charge in [0.05, 0.1) is 17.1 Å². The van der Waals surface area contributed by atoms with E-state index in [1.807, 2.05) is 12.1 Å². The third-order valence-electron chi connectivity index (χ3n) is 7.25. The highest BCUT2D eigenvalue weighted by Gasteiger charge is 2.33. The third kappa shape index (κ3) is 5.28. The van der Waals surface area contributed by atoms with Crippen molar-refractivity contribution in [1.29, 1.82) is 0 Å². The number of anilines is 1. The van der Waals surface area contributed by atoms with Gasteiger partial charge < -0.3 is 14.5 Å². The van der Waals surface area contributed by atoms with Gasteiger partial charge >= 0.3 is 0 Å². The Kier molecular flexibility index (Phi) is 7.04. The first kappa shape index (κ1) is 24.1. The SMILES string of the molecule is Cc1ccc(-c2ccc(C(=O)Nc3ccc(OC[C@@H]4CCCN5CCCC[C@H]45)cc3)o2)c([N+](=O)[O-])c1. The normalized spacial score (nSPS) is 19.9. The summed E-state index contributed by atoms with van der Waals surface area (Å²) in [5.74, 6) is 1.28. The number of hydrogen-bond acceptors (Lipinski definition) is 6. The Bertz CT molecular complexity index is 1230. The second kappa shape index (κ2) is 10.5. The van der Waals surface area contributed by atoms with Gasteiger partial charge in [0.1, 0.15) is 11.5 Å². The largest absolute Gasteiger partial charge is 0.493 e. The minimum atomic E-state index is -0.451. The van der Waals surface area contributed by atoms with Crippen molar-refractivity contribution < 1.29 is 18.9 Å². The van der Waals surface area contributed by atoms with Crippen LogP contribution in [0.1, 0.15) is 48.2 Å². The molecule has 36 heavy (non-hydrogen) atoms. The van der Waals surface area contributed by atoms with E-state index in [-0.39, 0.29) is 17.2 Å². The maximum Gasteiger partial charge on any atom is 0.291 e. The number of fused-ring (bicyclic) bond motifs is 1. The fraction of sp³-hybridized carbons (Fsp3) is 0.393. The van der Waals surface area contributed by atoms with Gasteiger partial charge in [0.25, 0.3) is 11.6 Å². The van der Waals surface area contributed by atoms with Crippen LogP contribution in [-0.4, -0.2) is 41.5 Å². The van der Waals surface area contributed by atoms with Gasteiger partial charge in [-0.3, -0.25) is 19.8 Å². The molecule has 0 unspecified atom stereocenters. The molecule has 0 aliphatic carbocycles. The van der Waals surface area contributed by atoms with Crippen molar-refractivity contribution >= 4 is 17.3 Å². The van der Waals surface area contributed by atoms with E-state index < -0.39 is 10.8 Å². The summed E-state index contributed by atoms with van der Waals surface area (Å²) in [6.45, 7) is 4.94. The lowest BCUT2D eigenvalue weighted by Gasteiger charge is -2.44. The number of carbonyl (C=O) groups is 1. The zero-order valence-corrected chi connectivity index (χ0v) is 20.4. The van der Waals surface area contributed by atoms with Crippen LogP contribution in [0.15, 0.2) is 59.0 Å². The number of benzene rings is 2. The minimum absolute atomic E-state index is 0.0590. The minimum Gasteiger partial charge on any atom is -0.493 e. The number of hydrogen-bond donors (Lipinski definition) is 1. The van der Waals surface area contributed by atoms with E-state index in [4.69, 9.17) is 9.15 Å². The van der Waals surface area contributed by atoms with Crippen molar-refractivity contribution in [2.45, 2.75) is 45.1 Å². The molecule has 0 spiro atoms. The smallest absolute Gasteiger partial charge is 0.291 e. The van der Waals surface area contributed by atoms with Gasteiger partial charge in [-0.15, -0.1) is 0 Å². The number of carbonyl (C=O) groups excluding carboxylic acids is 1. The molecule has 5 rings (SSSR count). The molecule has 8 heteroatoms. The number of furan rings is 1. The molecule has 1 amide bonds. The van der Waals surface area contributed by atoms with Gasteiger partial charge in [0.15, 0.2) is 5.76 Å². The lowest BCUT2D eigenvalue weighted by atomic mass is 9.84. The first-order chi connectivity index (χ1) is 17.5. The summed E-state index contributed by atoms with van der Waals surface area (Å²) in [4.78, 5) is 26.3. The van der Waals surface area contributed by atoms with Crippen molar-refractivity contribution in [1.82, 2.24) is 4.90 Å². The molecule has 2 aliphatic heterocycles. The number of nitro groups is 1. The van der Waals surface area contributed by atoms with E-state index in [0.29, 0.717) is 29.8 Å². The highest BCUT2D eigenvalue weighted by atomic mass is 16.6. The Labute approximate surface area is 210 Å². The summed E-state index contributed by atoms with van der Waals surface area (Å²) >= 11 is 0. The maximum atomic E-state index is 12.7.